The first kappa shape index (κ1) is 32.7. The molecule has 14 nitrogen and oxygen atoms in total. The van der Waals surface area contributed by atoms with Crippen molar-refractivity contribution in [1.29, 1.82) is 0 Å². The van der Waals surface area contributed by atoms with Gasteiger partial charge in [-0.15, -0.1) is 0 Å². The van der Waals surface area contributed by atoms with Gasteiger partial charge in [0.25, 0.3) is 17.4 Å². The lowest BCUT2D eigenvalue weighted by Crippen LogP contribution is -2.60. The van der Waals surface area contributed by atoms with Crippen LogP contribution in [0, 0.1) is 5.41 Å². The molecule has 6 heterocycles. The lowest BCUT2D eigenvalue weighted by atomic mass is 9.71. The molecule has 14 heteroatoms. The van der Waals surface area contributed by atoms with E-state index in [2.05, 4.69) is 20.2 Å². The number of nitrogens with one attached hydrogen (secondary N) is 1. The number of hydrogen-bond donors (Lipinski definition) is 1. The Morgan fingerprint density at radius 2 is 1.57 bits per heavy atom. The highest BCUT2D eigenvalue weighted by molar-refractivity contribution is 6.23. The molecule has 51 heavy (non-hydrogen) atoms. The first-order chi connectivity index (χ1) is 24.5. The first-order valence-corrected chi connectivity index (χ1v) is 17.1. The van der Waals surface area contributed by atoms with Crippen LogP contribution in [0.3, 0.4) is 0 Å². The van der Waals surface area contributed by atoms with Crippen LogP contribution in [0.4, 0.5) is 5.69 Å². The van der Waals surface area contributed by atoms with Crippen LogP contribution < -0.4 is 25.2 Å². The van der Waals surface area contributed by atoms with Crippen LogP contribution in [0.1, 0.15) is 52.0 Å². The molecule has 4 aliphatic rings. The van der Waals surface area contributed by atoms with Gasteiger partial charge in [-0.25, -0.2) is 0 Å². The first-order valence-electron chi connectivity index (χ1n) is 17.1. The zero-order valence-corrected chi connectivity index (χ0v) is 29.0. The average Bonchev–Trinajstić information content (AvgIpc) is 3.62. The van der Waals surface area contributed by atoms with E-state index in [9.17, 15) is 24.0 Å². The van der Waals surface area contributed by atoms with Gasteiger partial charge in [0.2, 0.25) is 11.8 Å². The number of carbonyl (C=O) groups excluding carboxylic acids is 4. The van der Waals surface area contributed by atoms with E-state index in [1.807, 2.05) is 18.2 Å². The molecule has 1 N–H and O–H groups in total. The van der Waals surface area contributed by atoms with Gasteiger partial charge in [0.15, 0.2) is 0 Å². The van der Waals surface area contributed by atoms with Crippen molar-refractivity contribution in [2.75, 3.05) is 45.3 Å². The Labute approximate surface area is 293 Å². The van der Waals surface area contributed by atoms with Crippen molar-refractivity contribution in [3.05, 3.63) is 69.8 Å². The predicted molar refractivity (Wildman–Crippen MR) is 187 cm³/mol. The third-order valence-corrected chi connectivity index (χ3v) is 11.0. The van der Waals surface area contributed by atoms with E-state index in [1.54, 1.807) is 62.1 Å². The van der Waals surface area contributed by atoms with Crippen molar-refractivity contribution in [1.82, 2.24) is 29.5 Å². The number of aryl methyl sites for hydroxylation is 2. The highest BCUT2D eigenvalue weighted by Crippen LogP contribution is 2.45. The van der Waals surface area contributed by atoms with E-state index in [4.69, 9.17) is 9.47 Å². The number of amides is 4. The summed E-state index contributed by atoms with van der Waals surface area (Å²) < 4.78 is 15.0. The Morgan fingerprint density at radius 3 is 2.24 bits per heavy atom. The Balaban J connectivity index is 0.940. The second kappa shape index (κ2) is 12.1. The number of pyridine rings is 1. The molecular formula is C37H39N7O7. The van der Waals surface area contributed by atoms with Crippen LogP contribution in [0.5, 0.6) is 11.5 Å². The number of anilines is 1. The molecule has 1 spiro atoms. The summed E-state index contributed by atoms with van der Waals surface area (Å²) in [6.45, 7) is 4.15. The standard InChI is InChI=1S/C37H39N7O7/c1-40-16-25(32-27(34(40)47)17-41(2)39-32)21-13-29(50-3)26(30(14-21)51-4)18-42-11-9-37(10-12-42)19-43(20-37)22-5-6-23-24(15-22)36(49)44(35(23)48)28-7-8-31(45)38-33(28)46/h5-6,13-17,28H,7-12,18-20H2,1-4H3,(H,38,45,46). The molecule has 0 aliphatic carbocycles. The number of methoxy groups -OCH3 is 2. The van der Waals surface area contributed by atoms with Crippen LogP contribution in [0.2, 0.25) is 0 Å². The zero-order valence-electron chi connectivity index (χ0n) is 29.0. The van der Waals surface area contributed by atoms with Crippen LogP contribution in [-0.2, 0) is 30.2 Å². The fourth-order valence-corrected chi connectivity index (χ4v) is 8.18. The van der Waals surface area contributed by atoms with Gasteiger partial charge < -0.3 is 18.9 Å². The number of aromatic nitrogens is 3. The highest BCUT2D eigenvalue weighted by atomic mass is 16.5. The highest BCUT2D eigenvalue weighted by Gasteiger charge is 2.47. The summed E-state index contributed by atoms with van der Waals surface area (Å²) in [6.07, 6.45) is 5.77. The maximum Gasteiger partial charge on any atom is 0.262 e. The Bertz CT molecular complexity index is 2180. The normalized spacial score (nSPS) is 20.2. The number of hydrogen-bond acceptors (Lipinski definition) is 10. The van der Waals surface area contributed by atoms with Gasteiger partial charge in [-0.05, 0) is 68.2 Å². The summed E-state index contributed by atoms with van der Waals surface area (Å²) in [5.41, 5.74) is 4.77. The molecule has 2 aromatic carbocycles. The molecule has 2 aromatic heterocycles. The fourth-order valence-electron chi connectivity index (χ4n) is 8.18. The number of likely N-dealkylation sites (tertiary alicyclic amines) is 1. The van der Waals surface area contributed by atoms with E-state index >= 15 is 0 Å². The molecule has 4 aromatic rings. The molecule has 264 valence electrons. The quantitative estimate of drug-likeness (QED) is 0.286. The van der Waals surface area contributed by atoms with Crippen LogP contribution in [0.25, 0.3) is 22.0 Å². The molecule has 1 unspecified atom stereocenters. The number of benzene rings is 2. The van der Waals surface area contributed by atoms with E-state index in [-0.39, 0.29) is 29.4 Å². The summed E-state index contributed by atoms with van der Waals surface area (Å²) in [7, 11) is 6.85. The molecule has 8 rings (SSSR count). The van der Waals surface area contributed by atoms with E-state index in [0.717, 1.165) is 66.3 Å². The monoisotopic (exact) mass is 693 g/mol. The van der Waals surface area contributed by atoms with Gasteiger partial charge in [-0.3, -0.25) is 43.8 Å². The smallest absolute Gasteiger partial charge is 0.262 e. The van der Waals surface area contributed by atoms with Gasteiger partial charge in [-0.1, -0.05) is 0 Å². The lowest BCUT2D eigenvalue weighted by molar-refractivity contribution is -0.136. The maximum absolute atomic E-state index is 13.3. The second-order valence-electron chi connectivity index (χ2n) is 14.2. The van der Waals surface area contributed by atoms with Crippen molar-refractivity contribution in [2.24, 2.45) is 19.5 Å². The van der Waals surface area contributed by atoms with Crippen LogP contribution in [0.15, 0.2) is 47.5 Å². The average molecular weight is 694 g/mol. The van der Waals surface area contributed by atoms with Gasteiger partial charge in [0.1, 0.15) is 23.1 Å². The van der Waals surface area contributed by atoms with Gasteiger partial charge in [-0.2, -0.15) is 5.10 Å². The molecule has 0 radical (unpaired) electrons. The summed E-state index contributed by atoms with van der Waals surface area (Å²) >= 11 is 0. The van der Waals surface area contributed by atoms with Gasteiger partial charge in [0.05, 0.1) is 36.3 Å². The third-order valence-electron chi connectivity index (χ3n) is 11.0. The molecule has 0 saturated carbocycles. The van der Waals surface area contributed by atoms with Gasteiger partial charge >= 0.3 is 0 Å². The number of piperidine rings is 2. The SMILES string of the molecule is COc1cc(-c2cn(C)c(=O)c3cn(C)nc23)cc(OC)c1CN1CCC2(CC1)CN(c1ccc3c(c1)C(=O)N(C1CCC(=O)NC1=O)C3=O)C2. The largest absolute Gasteiger partial charge is 0.496 e. The molecule has 3 saturated heterocycles. The van der Waals surface area contributed by atoms with Crippen molar-refractivity contribution < 1.29 is 28.7 Å². The number of carbonyl (C=O) groups is 4. The summed E-state index contributed by atoms with van der Waals surface area (Å²) in [4.78, 5) is 68.9. The minimum absolute atomic E-state index is 0.0869. The molecule has 0 bridgehead atoms. The minimum Gasteiger partial charge on any atom is -0.496 e. The number of fused-ring (bicyclic) bond motifs is 2. The van der Waals surface area contributed by atoms with E-state index < -0.39 is 29.7 Å². The Hall–Kier alpha value is -5.50. The van der Waals surface area contributed by atoms with E-state index in [1.165, 1.54) is 0 Å². The Morgan fingerprint density at radius 1 is 0.882 bits per heavy atom. The van der Waals surface area contributed by atoms with Crippen molar-refractivity contribution in [3.8, 4) is 22.6 Å². The molecule has 3 fully saturated rings. The molecule has 4 aliphatic heterocycles. The number of ether oxygens (including phenoxy) is 2. The van der Waals surface area contributed by atoms with Gasteiger partial charge in [0, 0.05) is 69.2 Å². The lowest BCUT2D eigenvalue weighted by Gasteiger charge is -2.55. The predicted octanol–water partition coefficient (Wildman–Crippen LogP) is 2.46. The maximum atomic E-state index is 13.3. The minimum atomic E-state index is -0.980. The molecule has 4 amide bonds. The van der Waals surface area contributed by atoms with E-state index in [0.29, 0.717) is 34.5 Å². The van der Waals surface area contributed by atoms with Crippen molar-refractivity contribution in [2.45, 2.75) is 38.3 Å². The third kappa shape index (κ3) is 5.36. The number of rotatable bonds is 7. The molecular weight excluding hydrogens is 654 g/mol. The number of imide groups is 2. The van der Waals surface area contributed by atoms with Crippen LogP contribution >= 0.6 is 0 Å². The fraction of sp³-hybridized carbons (Fsp3) is 0.405. The van der Waals surface area contributed by atoms with Crippen LogP contribution in [-0.4, -0.2) is 94.2 Å². The second-order valence-corrected chi connectivity index (χ2v) is 14.2. The zero-order chi connectivity index (χ0) is 35.8. The van der Waals surface area contributed by atoms with Crippen molar-refractivity contribution >= 4 is 40.2 Å². The topological polar surface area (TPSA) is 148 Å². The number of nitrogens with zero attached hydrogens (tertiary/aromatic N) is 6. The summed E-state index contributed by atoms with van der Waals surface area (Å²) in [5.74, 6) is -0.584. The Kier molecular flexibility index (Phi) is 7.74. The van der Waals surface area contributed by atoms with Crippen molar-refractivity contribution in [3.63, 3.8) is 0 Å². The summed E-state index contributed by atoms with van der Waals surface area (Å²) in [6, 6.07) is 8.30. The summed E-state index contributed by atoms with van der Waals surface area (Å²) in [5, 5.41) is 7.36. The molecule has 1 atom stereocenters.